The number of benzene rings is 2. The summed E-state index contributed by atoms with van der Waals surface area (Å²) < 4.78 is 5.15. The van der Waals surface area contributed by atoms with Crippen LogP contribution in [0.4, 0.5) is 5.69 Å². The minimum Gasteiger partial charge on any atom is -0.334 e. The zero-order chi connectivity index (χ0) is 16.6. The summed E-state index contributed by atoms with van der Waals surface area (Å²) in [6, 6.07) is 8.84. The van der Waals surface area contributed by atoms with Crippen LogP contribution >= 0.6 is 34.8 Å². The van der Waals surface area contributed by atoms with Crippen LogP contribution in [-0.4, -0.2) is 15.1 Å². The lowest BCUT2D eigenvalue weighted by Crippen LogP contribution is -1.89. The fourth-order valence-corrected chi connectivity index (χ4v) is 2.37. The first-order valence-electron chi connectivity index (χ1n) is 6.19. The number of halogens is 3. The Morgan fingerprint density at radius 3 is 2.43 bits per heavy atom. The monoisotopic (exact) mass is 369 g/mol. The van der Waals surface area contributed by atoms with Gasteiger partial charge in [0.2, 0.25) is 5.82 Å². The molecule has 2 aromatic carbocycles. The molecule has 3 rings (SSSR count). The van der Waals surface area contributed by atoms with E-state index < -0.39 is 4.92 Å². The second-order valence-electron chi connectivity index (χ2n) is 4.47. The molecule has 0 aliphatic heterocycles. The van der Waals surface area contributed by atoms with Crippen molar-refractivity contribution >= 4 is 40.5 Å². The molecule has 0 aliphatic carbocycles. The molecule has 0 N–H and O–H groups in total. The molecule has 0 saturated heterocycles. The van der Waals surface area contributed by atoms with E-state index in [1.54, 1.807) is 18.2 Å². The molecule has 9 heteroatoms. The number of rotatable bonds is 3. The molecule has 6 nitrogen and oxygen atoms in total. The quantitative estimate of drug-likeness (QED) is 0.463. The lowest BCUT2D eigenvalue weighted by molar-refractivity contribution is -0.384. The molecule has 1 aromatic heterocycles. The van der Waals surface area contributed by atoms with Crippen molar-refractivity contribution in [2.45, 2.75) is 0 Å². The number of hydrogen-bond acceptors (Lipinski definition) is 5. The van der Waals surface area contributed by atoms with Gasteiger partial charge in [0.25, 0.3) is 11.6 Å². The number of aromatic nitrogens is 2. The molecule has 0 aliphatic rings. The Hall–Kier alpha value is -2.15. The fraction of sp³-hybridized carbons (Fsp3) is 0. The number of nitro groups is 1. The van der Waals surface area contributed by atoms with Crippen molar-refractivity contribution in [2.24, 2.45) is 0 Å². The third-order valence-electron chi connectivity index (χ3n) is 2.99. The maximum absolute atomic E-state index is 10.9. The van der Waals surface area contributed by atoms with Gasteiger partial charge in [-0.3, -0.25) is 10.1 Å². The Labute approximate surface area is 144 Å². The van der Waals surface area contributed by atoms with Crippen molar-refractivity contribution in [1.29, 1.82) is 0 Å². The van der Waals surface area contributed by atoms with Gasteiger partial charge in [-0.15, -0.1) is 0 Å². The SMILES string of the molecule is O=[N+]([O-])c1ccc(Cl)c(-c2nc(-c3ccc(Cl)c(Cl)c3)no2)c1. The van der Waals surface area contributed by atoms with Crippen molar-refractivity contribution in [3.63, 3.8) is 0 Å². The number of nitrogens with zero attached hydrogens (tertiary/aromatic N) is 3. The summed E-state index contributed by atoms with van der Waals surface area (Å²) in [4.78, 5) is 14.5. The first kappa shape index (κ1) is 15.7. The first-order valence-corrected chi connectivity index (χ1v) is 7.32. The van der Waals surface area contributed by atoms with Crippen LogP contribution in [0.2, 0.25) is 15.1 Å². The summed E-state index contributed by atoms with van der Waals surface area (Å²) in [5.74, 6) is 0.334. The Morgan fingerprint density at radius 2 is 1.74 bits per heavy atom. The van der Waals surface area contributed by atoms with E-state index >= 15 is 0 Å². The van der Waals surface area contributed by atoms with Crippen molar-refractivity contribution in [1.82, 2.24) is 10.1 Å². The summed E-state index contributed by atoms with van der Waals surface area (Å²) in [5.41, 5.74) is 0.745. The normalized spacial score (nSPS) is 10.7. The molecule has 23 heavy (non-hydrogen) atoms. The minimum atomic E-state index is -0.532. The highest BCUT2D eigenvalue weighted by molar-refractivity contribution is 6.42. The zero-order valence-electron chi connectivity index (χ0n) is 11.2. The van der Waals surface area contributed by atoms with Crippen LogP contribution in [0.3, 0.4) is 0 Å². The smallest absolute Gasteiger partial charge is 0.270 e. The van der Waals surface area contributed by atoms with Gasteiger partial charge in [0.1, 0.15) is 0 Å². The fourth-order valence-electron chi connectivity index (χ4n) is 1.88. The summed E-state index contributed by atoms with van der Waals surface area (Å²) in [6.07, 6.45) is 0. The Kier molecular flexibility index (Phi) is 4.21. The maximum atomic E-state index is 10.9. The highest BCUT2D eigenvalue weighted by atomic mass is 35.5. The minimum absolute atomic E-state index is 0.0692. The van der Waals surface area contributed by atoms with Gasteiger partial charge < -0.3 is 4.52 Å². The Morgan fingerprint density at radius 1 is 1.00 bits per heavy atom. The molecule has 3 aromatic rings. The van der Waals surface area contributed by atoms with Crippen LogP contribution in [0.5, 0.6) is 0 Å². The number of hydrogen-bond donors (Lipinski definition) is 0. The third kappa shape index (κ3) is 3.14. The molecule has 0 fully saturated rings. The maximum Gasteiger partial charge on any atom is 0.270 e. The Bertz CT molecular complexity index is 911. The van der Waals surface area contributed by atoms with Crippen LogP contribution in [-0.2, 0) is 0 Å². The molecule has 0 atom stereocenters. The van der Waals surface area contributed by atoms with Crippen LogP contribution in [0.1, 0.15) is 0 Å². The van der Waals surface area contributed by atoms with E-state index in [-0.39, 0.29) is 28.0 Å². The van der Waals surface area contributed by atoms with Gasteiger partial charge in [-0.05, 0) is 24.3 Å². The molecule has 0 bridgehead atoms. The topological polar surface area (TPSA) is 82.1 Å². The second-order valence-corrected chi connectivity index (χ2v) is 5.69. The zero-order valence-corrected chi connectivity index (χ0v) is 13.4. The number of nitro benzene ring substituents is 1. The van der Waals surface area contributed by atoms with Gasteiger partial charge in [0, 0.05) is 17.7 Å². The predicted molar refractivity (Wildman–Crippen MR) is 86.9 cm³/mol. The van der Waals surface area contributed by atoms with Crippen molar-refractivity contribution in [3.05, 3.63) is 61.6 Å². The van der Waals surface area contributed by atoms with Crippen LogP contribution < -0.4 is 0 Å². The van der Waals surface area contributed by atoms with E-state index in [0.29, 0.717) is 15.6 Å². The predicted octanol–water partition coefficient (Wildman–Crippen LogP) is 5.27. The highest BCUT2D eigenvalue weighted by Crippen LogP contribution is 2.32. The van der Waals surface area contributed by atoms with Gasteiger partial charge >= 0.3 is 0 Å². The van der Waals surface area contributed by atoms with Gasteiger partial charge in [-0.2, -0.15) is 4.98 Å². The molecular formula is C14H6Cl3N3O3. The van der Waals surface area contributed by atoms with Gasteiger partial charge in [0.15, 0.2) is 0 Å². The molecule has 0 spiro atoms. The summed E-state index contributed by atoms with van der Waals surface area (Å²) >= 11 is 17.9. The standard InChI is InChI=1S/C14H6Cl3N3O3/c15-10-4-2-8(20(21)22)6-9(10)14-18-13(19-23-14)7-1-3-11(16)12(17)5-7/h1-6H. The molecule has 116 valence electrons. The lowest BCUT2D eigenvalue weighted by Gasteiger charge is -1.99. The third-order valence-corrected chi connectivity index (χ3v) is 4.06. The van der Waals surface area contributed by atoms with E-state index in [2.05, 4.69) is 10.1 Å². The molecule has 1 heterocycles. The molecule has 0 radical (unpaired) electrons. The summed E-state index contributed by atoms with van der Waals surface area (Å²) in [7, 11) is 0. The van der Waals surface area contributed by atoms with E-state index in [1.165, 1.54) is 18.2 Å². The molecular weight excluding hydrogens is 365 g/mol. The summed E-state index contributed by atoms with van der Waals surface area (Å²) in [5, 5.41) is 15.7. The number of non-ortho nitro benzene ring substituents is 1. The van der Waals surface area contributed by atoms with Gasteiger partial charge in [0.05, 0.1) is 25.6 Å². The van der Waals surface area contributed by atoms with Crippen LogP contribution in [0.25, 0.3) is 22.8 Å². The van der Waals surface area contributed by atoms with E-state index in [9.17, 15) is 10.1 Å². The first-order chi connectivity index (χ1) is 11.0. The van der Waals surface area contributed by atoms with Crippen molar-refractivity contribution < 1.29 is 9.45 Å². The van der Waals surface area contributed by atoms with Crippen molar-refractivity contribution in [2.75, 3.05) is 0 Å². The molecule has 0 unspecified atom stereocenters. The Balaban J connectivity index is 2.03. The van der Waals surface area contributed by atoms with E-state index in [1.807, 2.05) is 0 Å². The average molecular weight is 371 g/mol. The molecule has 0 amide bonds. The van der Waals surface area contributed by atoms with Gasteiger partial charge in [-0.1, -0.05) is 40.0 Å². The van der Waals surface area contributed by atoms with Crippen molar-refractivity contribution in [3.8, 4) is 22.8 Å². The van der Waals surface area contributed by atoms with E-state index in [0.717, 1.165) is 0 Å². The second kappa shape index (κ2) is 6.16. The highest BCUT2D eigenvalue weighted by Gasteiger charge is 2.17. The van der Waals surface area contributed by atoms with E-state index in [4.69, 9.17) is 39.3 Å². The van der Waals surface area contributed by atoms with Crippen LogP contribution in [0, 0.1) is 10.1 Å². The van der Waals surface area contributed by atoms with Crippen LogP contribution in [0.15, 0.2) is 40.9 Å². The lowest BCUT2D eigenvalue weighted by atomic mass is 10.2. The largest absolute Gasteiger partial charge is 0.334 e. The van der Waals surface area contributed by atoms with Gasteiger partial charge in [-0.25, -0.2) is 0 Å². The summed E-state index contributed by atoms with van der Waals surface area (Å²) in [6.45, 7) is 0. The molecule has 0 saturated carbocycles. The average Bonchev–Trinajstić information content (AvgIpc) is 3.00.